The highest BCUT2D eigenvalue weighted by Crippen LogP contribution is 2.63. The molecule has 0 radical (unpaired) electrons. The van der Waals surface area contributed by atoms with Crippen molar-refractivity contribution in [3.63, 3.8) is 0 Å². The van der Waals surface area contributed by atoms with E-state index in [-0.39, 0.29) is 16.0 Å². The summed E-state index contributed by atoms with van der Waals surface area (Å²) >= 11 is 12.3. The molecule has 0 aromatic carbocycles. The highest BCUT2D eigenvalue weighted by atomic mass is 35.5. The number of hydrogen-bond acceptors (Lipinski definition) is 2. The van der Waals surface area contributed by atoms with Crippen LogP contribution < -0.4 is 4.72 Å². The van der Waals surface area contributed by atoms with Gasteiger partial charge in [0.2, 0.25) is 10.0 Å². The van der Waals surface area contributed by atoms with Crippen LogP contribution in [0.2, 0.25) is 0 Å². The third-order valence-corrected chi connectivity index (χ3v) is 7.44. The second-order valence-electron chi connectivity index (χ2n) is 7.29. The fraction of sp³-hybridized carbons (Fsp3) is 1.00. The van der Waals surface area contributed by atoms with E-state index in [1.165, 1.54) is 6.42 Å². The van der Waals surface area contributed by atoms with Gasteiger partial charge >= 0.3 is 0 Å². The van der Waals surface area contributed by atoms with E-state index in [1.807, 2.05) is 0 Å². The molecule has 0 aliphatic heterocycles. The zero-order valence-corrected chi connectivity index (χ0v) is 14.0. The molecule has 20 heavy (non-hydrogen) atoms. The molecule has 3 nitrogen and oxygen atoms in total. The van der Waals surface area contributed by atoms with E-state index in [4.69, 9.17) is 23.2 Å². The van der Waals surface area contributed by atoms with Gasteiger partial charge in [-0.05, 0) is 62.2 Å². The zero-order chi connectivity index (χ0) is 14.4. The summed E-state index contributed by atoms with van der Waals surface area (Å²) in [7, 11) is -3.18. The Hall–Kier alpha value is 0.490. The summed E-state index contributed by atoms with van der Waals surface area (Å²) in [6.45, 7) is 0.569. The minimum absolute atomic E-state index is 0.0499. The molecule has 4 rings (SSSR count). The Morgan fingerprint density at radius 3 is 2.35 bits per heavy atom. The predicted octanol–water partition coefficient (Wildman–Crippen LogP) is 3.11. The second-order valence-corrected chi connectivity index (χ2v) is 10.4. The van der Waals surface area contributed by atoms with Gasteiger partial charge in [0.1, 0.15) is 0 Å². The molecule has 0 amide bonds. The maximum absolute atomic E-state index is 12.0. The van der Waals surface area contributed by atoms with Gasteiger partial charge in [-0.15, -0.1) is 23.2 Å². The summed E-state index contributed by atoms with van der Waals surface area (Å²) in [6, 6.07) is 0. The van der Waals surface area contributed by atoms with Crippen LogP contribution in [0.15, 0.2) is 0 Å². The van der Waals surface area contributed by atoms with Gasteiger partial charge < -0.3 is 0 Å². The first-order valence-corrected chi connectivity index (χ1v) is 10.1. The molecule has 2 unspecified atom stereocenters. The predicted molar refractivity (Wildman–Crippen MR) is 82.8 cm³/mol. The molecule has 4 aliphatic rings. The standard InChI is InChI=1S/C14H23Cl2NO2S/c15-2-1-3-20(18,19)17-10-13-5-11-4-12(6-13)8-14(16,7-11)9-13/h11-12,17H,1-10H2. The fourth-order valence-corrected chi connectivity index (χ4v) is 7.33. The number of rotatable bonds is 6. The van der Waals surface area contributed by atoms with Crippen LogP contribution in [0, 0.1) is 17.3 Å². The Balaban J connectivity index is 1.65. The van der Waals surface area contributed by atoms with Gasteiger partial charge in [0.25, 0.3) is 0 Å². The molecule has 1 N–H and O–H groups in total. The van der Waals surface area contributed by atoms with E-state index in [0.717, 1.165) is 32.1 Å². The van der Waals surface area contributed by atoms with Crippen LogP contribution in [-0.2, 0) is 10.0 Å². The average Bonchev–Trinajstić information content (AvgIpc) is 2.31. The van der Waals surface area contributed by atoms with Crippen LogP contribution in [0.25, 0.3) is 0 Å². The van der Waals surface area contributed by atoms with Crippen molar-refractivity contribution in [2.45, 2.75) is 49.8 Å². The summed E-state index contributed by atoms with van der Waals surface area (Å²) in [5.41, 5.74) is 0.111. The normalized spacial score (nSPS) is 43.1. The van der Waals surface area contributed by atoms with Crippen molar-refractivity contribution >= 4 is 33.2 Å². The third-order valence-electron chi connectivity index (χ3n) is 5.32. The number of sulfonamides is 1. The van der Waals surface area contributed by atoms with Crippen molar-refractivity contribution in [3.8, 4) is 0 Å². The number of halogens is 2. The number of alkyl halides is 2. The molecule has 0 aromatic heterocycles. The lowest BCUT2D eigenvalue weighted by molar-refractivity contribution is -0.0360. The van der Waals surface area contributed by atoms with E-state index in [1.54, 1.807) is 0 Å². The van der Waals surface area contributed by atoms with E-state index in [0.29, 0.717) is 30.7 Å². The second kappa shape index (κ2) is 5.29. The van der Waals surface area contributed by atoms with E-state index in [9.17, 15) is 8.42 Å². The molecule has 2 atom stereocenters. The summed E-state index contributed by atoms with van der Waals surface area (Å²) in [6.07, 6.45) is 7.35. The minimum Gasteiger partial charge on any atom is -0.215 e. The highest BCUT2D eigenvalue weighted by Gasteiger charge is 2.56. The van der Waals surface area contributed by atoms with Crippen molar-refractivity contribution in [1.29, 1.82) is 0 Å². The van der Waals surface area contributed by atoms with Crippen LogP contribution in [0.5, 0.6) is 0 Å². The Labute approximate surface area is 131 Å². The largest absolute Gasteiger partial charge is 0.215 e. The molecule has 6 heteroatoms. The van der Waals surface area contributed by atoms with E-state index in [2.05, 4.69) is 4.72 Å². The highest BCUT2D eigenvalue weighted by molar-refractivity contribution is 7.89. The summed E-state index contributed by atoms with van der Waals surface area (Å²) in [5.74, 6) is 1.94. The molecular formula is C14H23Cl2NO2S. The molecule has 4 bridgehead atoms. The molecule has 4 fully saturated rings. The van der Waals surface area contributed by atoms with Crippen LogP contribution in [0.4, 0.5) is 0 Å². The van der Waals surface area contributed by atoms with Crippen LogP contribution in [-0.4, -0.2) is 31.5 Å². The summed E-state index contributed by atoms with van der Waals surface area (Å²) < 4.78 is 26.7. The van der Waals surface area contributed by atoms with Crippen LogP contribution >= 0.6 is 23.2 Å². The van der Waals surface area contributed by atoms with Crippen molar-refractivity contribution in [2.75, 3.05) is 18.2 Å². The first-order valence-electron chi connectivity index (χ1n) is 7.56. The van der Waals surface area contributed by atoms with Gasteiger partial charge in [0.15, 0.2) is 0 Å². The van der Waals surface area contributed by atoms with Crippen molar-refractivity contribution in [1.82, 2.24) is 4.72 Å². The average molecular weight is 340 g/mol. The molecule has 0 heterocycles. The Morgan fingerprint density at radius 1 is 1.15 bits per heavy atom. The maximum atomic E-state index is 12.0. The molecule has 116 valence electrons. The molecule has 4 saturated carbocycles. The minimum atomic E-state index is -3.18. The SMILES string of the molecule is O=S(=O)(CCCCl)NCC12CC3CC(CC(Cl)(C3)C1)C2. The number of hydrogen-bond donors (Lipinski definition) is 1. The Bertz CT molecular complexity index is 466. The van der Waals surface area contributed by atoms with Gasteiger partial charge in [-0.2, -0.15) is 0 Å². The zero-order valence-electron chi connectivity index (χ0n) is 11.7. The fourth-order valence-electron chi connectivity index (χ4n) is 5.12. The van der Waals surface area contributed by atoms with Crippen molar-refractivity contribution in [3.05, 3.63) is 0 Å². The smallest absolute Gasteiger partial charge is 0.211 e. The van der Waals surface area contributed by atoms with Gasteiger partial charge in [-0.25, -0.2) is 13.1 Å². The monoisotopic (exact) mass is 339 g/mol. The topological polar surface area (TPSA) is 46.2 Å². The summed E-state index contributed by atoms with van der Waals surface area (Å²) in [4.78, 5) is -0.0499. The van der Waals surface area contributed by atoms with Gasteiger partial charge in [-0.3, -0.25) is 0 Å². The van der Waals surface area contributed by atoms with E-state index >= 15 is 0 Å². The molecule has 0 aromatic rings. The molecule has 0 saturated heterocycles. The summed E-state index contributed by atoms with van der Waals surface area (Å²) in [5, 5.41) is 0. The Kier molecular flexibility index (Phi) is 4.07. The van der Waals surface area contributed by atoms with Crippen LogP contribution in [0.3, 0.4) is 0 Å². The van der Waals surface area contributed by atoms with Gasteiger partial charge in [0, 0.05) is 17.3 Å². The van der Waals surface area contributed by atoms with E-state index < -0.39 is 10.0 Å². The Morgan fingerprint density at radius 2 is 1.80 bits per heavy atom. The van der Waals surface area contributed by atoms with Crippen LogP contribution in [0.1, 0.15) is 44.9 Å². The number of nitrogens with one attached hydrogen (secondary N) is 1. The first-order chi connectivity index (χ1) is 9.34. The third kappa shape index (κ3) is 3.13. The lowest BCUT2D eigenvalue weighted by Gasteiger charge is -2.60. The first kappa shape index (κ1) is 15.4. The van der Waals surface area contributed by atoms with Gasteiger partial charge in [0.05, 0.1) is 5.75 Å². The van der Waals surface area contributed by atoms with Gasteiger partial charge in [-0.1, -0.05) is 0 Å². The lowest BCUT2D eigenvalue weighted by Crippen LogP contribution is -2.56. The maximum Gasteiger partial charge on any atom is 0.211 e. The molecular weight excluding hydrogens is 317 g/mol. The van der Waals surface area contributed by atoms with Crippen molar-refractivity contribution in [2.24, 2.45) is 17.3 Å². The molecule has 0 spiro atoms. The van der Waals surface area contributed by atoms with Crippen molar-refractivity contribution < 1.29 is 8.42 Å². The quantitative estimate of drug-likeness (QED) is 0.755. The molecule has 4 aliphatic carbocycles. The lowest BCUT2D eigenvalue weighted by atomic mass is 9.49.